The standard InChI is InChI=1S/C21H23NO3S/c1-2-3-4-8-15-25-19-13-11-18(12-14-19)16-21(17-22)26(23,24)20-9-6-5-7-10-20/h5-7,9-14,16H,2-4,8,15H2,1H3/b21-16+. The molecule has 136 valence electrons. The van der Waals surface area contributed by atoms with Gasteiger partial charge in [0.1, 0.15) is 16.7 Å². The quantitative estimate of drug-likeness (QED) is 0.461. The number of nitrogens with zero attached hydrogens (tertiary/aromatic N) is 1. The van der Waals surface area contributed by atoms with E-state index in [1.54, 1.807) is 48.5 Å². The Morgan fingerprint density at radius 3 is 2.35 bits per heavy atom. The number of nitriles is 1. The van der Waals surface area contributed by atoms with E-state index in [1.807, 2.05) is 0 Å². The van der Waals surface area contributed by atoms with Gasteiger partial charge >= 0.3 is 0 Å². The summed E-state index contributed by atoms with van der Waals surface area (Å²) < 4.78 is 30.8. The molecule has 2 aromatic carbocycles. The molecule has 0 fully saturated rings. The Morgan fingerprint density at radius 2 is 1.73 bits per heavy atom. The van der Waals surface area contributed by atoms with E-state index >= 15 is 0 Å². The second kappa shape index (κ2) is 9.79. The second-order valence-corrected chi connectivity index (χ2v) is 7.83. The molecule has 2 aromatic rings. The molecule has 0 saturated heterocycles. The lowest BCUT2D eigenvalue weighted by Crippen LogP contribution is -2.03. The lowest BCUT2D eigenvalue weighted by molar-refractivity contribution is 0.305. The van der Waals surface area contributed by atoms with Gasteiger partial charge in [-0.2, -0.15) is 5.26 Å². The van der Waals surface area contributed by atoms with E-state index in [0.29, 0.717) is 12.2 Å². The van der Waals surface area contributed by atoms with Crippen molar-refractivity contribution in [1.82, 2.24) is 0 Å². The second-order valence-electron chi connectivity index (χ2n) is 5.92. The van der Waals surface area contributed by atoms with Crippen molar-refractivity contribution < 1.29 is 13.2 Å². The highest BCUT2D eigenvalue weighted by Crippen LogP contribution is 2.22. The van der Waals surface area contributed by atoms with Crippen LogP contribution in [0.4, 0.5) is 0 Å². The summed E-state index contributed by atoms with van der Waals surface area (Å²) in [6.45, 7) is 2.83. The average molecular weight is 369 g/mol. The van der Waals surface area contributed by atoms with Crippen LogP contribution in [0.1, 0.15) is 38.2 Å². The summed E-state index contributed by atoms with van der Waals surface area (Å²) in [6.07, 6.45) is 5.95. The SMILES string of the molecule is CCCCCCOc1ccc(/C=C(\C#N)S(=O)(=O)c2ccccc2)cc1. The fourth-order valence-corrected chi connectivity index (χ4v) is 3.61. The molecular formula is C21H23NO3S. The van der Waals surface area contributed by atoms with Crippen LogP contribution in [-0.4, -0.2) is 15.0 Å². The number of ether oxygens (including phenoxy) is 1. The molecule has 0 radical (unpaired) electrons. The summed E-state index contributed by atoms with van der Waals surface area (Å²) in [7, 11) is -3.81. The molecular weight excluding hydrogens is 346 g/mol. The zero-order valence-corrected chi connectivity index (χ0v) is 15.7. The largest absolute Gasteiger partial charge is 0.494 e. The third kappa shape index (κ3) is 5.47. The van der Waals surface area contributed by atoms with Gasteiger partial charge in [0.2, 0.25) is 9.84 Å². The van der Waals surface area contributed by atoms with Crippen molar-refractivity contribution in [2.75, 3.05) is 6.61 Å². The first kappa shape index (κ1) is 19.7. The summed E-state index contributed by atoms with van der Waals surface area (Å²) >= 11 is 0. The van der Waals surface area contributed by atoms with E-state index in [2.05, 4.69) is 6.92 Å². The monoisotopic (exact) mass is 369 g/mol. The molecule has 0 aliphatic carbocycles. The van der Waals surface area contributed by atoms with Gasteiger partial charge in [0.05, 0.1) is 11.5 Å². The first-order chi connectivity index (χ1) is 12.6. The Hall–Kier alpha value is -2.58. The normalized spacial score (nSPS) is 11.8. The van der Waals surface area contributed by atoms with E-state index in [1.165, 1.54) is 31.1 Å². The highest BCUT2D eigenvalue weighted by atomic mass is 32.2. The van der Waals surface area contributed by atoms with Crippen LogP contribution in [-0.2, 0) is 9.84 Å². The maximum absolute atomic E-state index is 12.5. The molecule has 4 nitrogen and oxygen atoms in total. The molecule has 0 spiro atoms. The fourth-order valence-electron chi connectivity index (χ4n) is 2.43. The van der Waals surface area contributed by atoms with Crippen molar-refractivity contribution in [3.05, 3.63) is 65.1 Å². The summed E-state index contributed by atoms with van der Waals surface area (Å²) in [5.74, 6) is 0.739. The fraction of sp³-hybridized carbons (Fsp3) is 0.286. The molecule has 0 N–H and O–H groups in total. The van der Waals surface area contributed by atoms with Crippen LogP contribution >= 0.6 is 0 Å². The third-order valence-electron chi connectivity index (χ3n) is 3.90. The van der Waals surface area contributed by atoms with E-state index < -0.39 is 9.84 Å². The topological polar surface area (TPSA) is 67.2 Å². The van der Waals surface area contributed by atoms with Crippen molar-refractivity contribution in [1.29, 1.82) is 5.26 Å². The molecule has 26 heavy (non-hydrogen) atoms. The van der Waals surface area contributed by atoms with Crippen LogP contribution in [0.25, 0.3) is 6.08 Å². The number of hydrogen-bond donors (Lipinski definition) is 0. The molecule has 0 amide bonds. The molecule has 0 bridgehead atoms. The summed E-state index contributed by atoms with van der Waals surface area (Å²) in [4.78, 5) is -0.170. The van der Waals surface area contributed by atoms with Crippen LogP contribution in [0, 0.1) is 11.3 Å². The van der Waals surface area contributed by atoms with Gasteiger partial charge < -0.3 is 4.74 Å². The number of benzene rings is 2. The zero-order chi connectivity index (χ0) is 18.8. The van der Waals surface area contributed by atoms with E-state index in [-0.39, 0.29) is 9.80 Å². The van der Waals surface area contributed by atoms with Gasteiger partial charge in [0.25, 0.3) is 0 Å². The lowest BCUT2D eigenvalue weighted by Gasteiger charge is -2.06. The number of allylic oxidation sites excluding steroid dienone is 1. The minimum absolute atomic E-state index is 0.111. The molecule has 0 atom stereocenters. The van der Waals surface area contributed by atoms with E-state index in [0.717, 1.165) is 18.6 Å². The Bertz CT molecular complexity index is 864. The molecule has 0 aromatic heterocycles. The zero-order valence-electron chi connectivity index (χ0n) is 14.9. The van der Waals surface area contributed by atoms with Crippen molar-refractivity contribution >= 4 is 15.9 Å². The maximum atomic E-state index is 12.5. The van der Waals surface area contributed by atoms with Crippen LogP contribution < -0.4 is 4.74 Å². The Kier molecular flexibility index (Phi) is 7.43. The van der Waals surface area contributed by atoms with Crippen molar-refractivity contribution in [2.24, 2.45) is 0 Å². The van der Waals surface area contributed by atoms with E-state index in [4.69, 9.17) is 4.74 Å². The molecule has 0 unspecified atom stereocenters. The number of sulfone groups is 1. The maximum Gasteiger partial charge on any atom is 0.216 e. The molecule has 0 saturated carbocycles. The summed E-state index contributed by atoms with van der Waals surface area (Å²) in [5.41, 5.74) is 0.638. The van der Waals surface area contributed by atoms with Gasteiger partial charge in [-0.05, 0) is 42.3 Å². The van der Waals surface area contributed by atoms with Crippen LogP contribution in [0.2, 0.25) is 0 Å². The minimum atomic E-state index is -3.81. The van der Waals surface area contributed by atoms with Crippen LogP contribution in [0.5, 0.6) is 5.75 Å². The molecule has 2 rings (SSSR count). The molecule has 0 aliphatic rings. The van der Waals surface area contributed by atoms with Gasteiger partial charge in [0.15, 0.2) is 0 Å². The van der Waals surface area contributed by atoms with Crippen molar-refractivity contribution in [2.45, 2.75) is 37.5 Å². The van der Waals surface area contributed by atoms with Gasteiger partial charge in [-0.15, -0.1) is 0 Å². The Labute approximate surface area is 155 Å². The number of unbranched alkanes of at least 4 members (excludes halogenated alkanes) is 3. The number of hydrogen-bond acceptors (Lipinski definition) is 4. The van der Waals surface area contributed by atoms with Crippen molar-refractivity contribution in [3.63, 3.8) is 0 Å². The van der Waals surface area contributed by atoms with E-state index in [9.17, 15) is 13.7 Å². The smallest absolute Gasteiger partial charge is 0.216 e. The van der Waals surface area contributed by atoms with Crippen LogP contribution in [0.15, 0.2) is 64.4 Å². The summed E-state index contributed by atoms with van der Waals surface area (Å²) in [6, 6.07) is 16.8. The first-order valence-corrected chi connectivity index (χ1v) is 10.2. The number of rotatable bonds is 9. The molecule has 0 aliphatic heterocycles. The summed E-state index contributed by atoms with van der Waals surface area (Å²) in [5, 5.41) is 9.30. The first-order valence-electron chi connectivity index (χ1n) is 8.72. The van der Waals surface area contributed by atoms with Gasteiger partial charge in [-0.1, -0.05) is 56.5 Å². The molecule has 0 heterocycles. The predicted octanol–water partition coefficient (Wildman–Crippen LogP) is 4.98. The van der Waals surface area contributed by atoms with Crippen LogP contribution in [0.3, 0.4) is 0 Å². The van der Waals surface area contributed by atoms with Gasteiger partial charge in [-0.25, -0.2) is 8.42 Å². The minimum Gasteiger partial charge on any atom is -0.494 e. The van der Waals surface area contributed by atoms with Gasteiger partial charge in [-0.3, -0.25) is 0 Å². The highest BCUT2D eigenvalue weighted by Gasteiger charge is 2.20. The Morgan fingerprint density at radius 1 is 1.04 bits per heavy atom. The predicted molar refractivity (Wildman–Crippen MR) is 103 cm³/mol. The average Bonchev–Trinajstić information content (AvgIpc) is 2.67. The highest BCUT2D eigenvalue weighted by molar-refractivity contribution is 7.95. The van der Waals surface area contributed by atoms with Crippen molar-refractivity contribution in [3.8, 4) is 11.8 Å². The third-order valence-corrected chi connectivity index (χ3v) is 5.58. The van der Waals surface area contributed by atoms with Gasteiger partial charge in [0, 0.05) is 0 Å². The Balaban J connectivity index is 2.09. The lowest BCUT2D eigenvalue weighted by atomic mass is 10.2. The molecule has 5 heteroatoms.